The van der Waals surface area contributed by atoms with Crippen LogP contribution in [0.25, 0.3) is 0 Å². The number of thiol groups is 1. The summed E-state index contributed by atoms with van der Waals surface area (Å²) in [5, 5.41) is 0. The molecule has 0 spiro atoms. The fourth-order valence-electron chi connectivity index (χ4n) is 3.28. The zero-order valence-electron chi connectivity index (χ0n) is 12.0. The Balaban J connectivity index is 1.93. The summed E-state index contributed by atoms with van der Waals surface area (Å²) in [5.41, 5.74) is 1.73. The number of pyridine rings is 1. The molecule has 0 radical (unpaired) electrons. The van der Waals surface area contributed by atoms with Gasteiger partial charge in [0.2, 0.25) is 0 Å². The van der Waals surface area contributed by atoms with Gasteiger partial charge in [-0.25, -0.2) is 0 Å². The molecule has 0 N–H and O–H groups in total. The first-order chi connectivity index (χ1) is 9.24. The lowest BCUT2D eigenvalue weighted by atomic mass is 9.81. The van der Waals surface area contributed by atoms with E-state index in [0.29, 0.717) is 5.41 Å². The highest BCUT2D eigenvalue weighted by atomic mass is 32.1. The second kappa shape index (κ2) is 7.30. The summed E-state index contributed by atoms with van der Waals surface area (Å²) in [6.45, 7) is 2.15. The van der Waals surface area contributed by atoms with Crippen molar-refractivity contribution in [2.75, 3.05) is 19.3 Å². The fourth-order valence-corrected chi connectivity index (χ4v) is 3.69. The van der Waals surface area contributed by atoms with Crippen LogP contribution in [0.5, 0.6) is 0 Å². The molecule has 19 heavy (non-hydrogen) atoms. The van der Waals surface area contributed by atoms with Gasteiger partial charge in [-0.15, -0.1) is 0 Å². The molecular formula is C16H26N2S. The second-order valence-electron chi connectivity index (χ2n) is 6.11. The number of nitrogens with zero attached hydrogens (tertiary/aromatic N) is 2. The van der Waals surface area contributed by atoms with Crippen LogP contribution in [0, 0.1) is 5.41 Å². The van der Waals surface area contributed by atoms with Gasteiger partial charge in [0.15, 0.2) is 0 Å². The Kier molecular flexibility index (Phi) is 5.71. The fraction of sp³-hybridized carbons (Fsp3) is 0.688. The lowest BCUT2D eigenvalue weighted by Crippen LogP contribution is -2.36. The van der Waals surface area contributed by atoms with E-state index in [1.54, 1.807) is 0 Å². The quantitative estimate of drug-likeness (QED) is 0.651. The van der Waals surface area contributed by atoms with E-state index in [1.807, 2.05) is 18.5 Å². The number of rotatable bonds is 5. The summed E-state index contributed by atoms with van der Waals surface area (Å²) in [6, 6.07) is 4.17. The highest BCUT2D eigenvalue weighted by molar-refractivity contribution is 7.80. The van der Waals surface area contributed by atoms with Gasteiger partial charge in [-0.1, -0.05) is 31.7 Å². The van der Waals surface area contributed by atoms with Gasteiger partial charge in [-0.3, -0.25) is 4.98 Å². The maximum Gasteiger partial charge on any atom is 0.0312 e. The van der Waals surface area contributed by atoms with Crippen molar-refractivity contribution in [2.24, 2.45) is 5.41 Å². The van der Waals surface area contributed by atoms with Crippen LogP contribution >= 0.6 is 12.6 Å². The number of hydrogen-bond acceptors (Lipinski definition) is 3. The topological polar surface area (TPSA) is 16.1 Å². The molecule has 106 valence electrons. The highest BCUT2D eigenvalue weighted by Gasteiger charge is 2.30. The first-order valence-corrected chi connectivity index (χ1v) is 8.06. The van der Waals surface area contributed by atoms with E-state index < -0.39 is 0 Å². The van der Waals surface area contributed by atoms with Crippen molar-refractivity contribution in [3.05, 3.63) is 30.1 Å². The molecule has 2 rings (SSSR count). The number of hydrogen-bond donors (Lipinski definition) is 1. The van der Waals surface area contributed by atoms with Crippen molar-refractivity contribution in [2.45, 2.75) is 45.1 Å². The smallest absolute Gasteiger partial charge is 0.0312 e. The molecule has 2 nitrogen and oxygen atoms in total. The maximum absolute atomic E-state index is 4.66. The number of aromatic nitrogens is 1. The van der Waals surface area contributed by atoms with Crippen LogP contribution in [0.1, 0.15) is 44.1 Å². The minimum absolute atomic E-state index is 0.427. The van der Waals surface area contributed by atoms with Gasteiger partial charge in [0.05, 0.1) is 0 Å². The van der Waals surface area contributed by atoms with Crippen molar-refractivity contribution in [3.63, 3.8) is 0 Å². The van der Waals surface area contributed by atoms with E-state index in [2.05, 4.69) is 35.6 Å². The monoisotopic (exact) mass is 278 g/mol. The van der Waals surface area contributed by atoms with E-state index in [4.69, 9.17) is 0 Å². The Bertz CT molecular complexity index is 358. The molecule has 0 unspecified atom stereocenters. The lowest BCUT2D eigenvalue weighted by Gasteiger charge is -2.35. The standard InChI is InChI=1S/C16H26N2S/c1-18(12-15-7-6-10-17-11-15)13-16(14-19)8-4-2-3-5-9-16/h6-7,10-11,19H,2-5,8-9,12-14H2,1H3. The molecule has 1 heterocycles. The third kappa shape index (κ3) is 4.50. The SMILES string of the molecule is CN(Cc1cccnc1)CC1(CS)CCCCCC1. The van der Waals surface area contributed by atoms with Gasteiger partial charge >= 0.3 is 0 Å². The van der Waals surface area contributed by atoms with Crippen LogP contribution in [-0.4, -0.2) is 29.2 Å². The first-order valence-electron chi connectivity index (χ1n) is 7.42. The van der Waals surface area contributed by atoms with Crippen molar-refractivity contribution in [1.29, 1.82) is 0 Å². The van der Waals surface area contributed by atoms with E-state index in [1.165, 1.54) is 44.1 Å². The van der Waals surface area contributed by atoms with Gasteiger partial charge in [-0.2, -0.15) is 12.6 Å². The average molecular weight is 278 g/mol. The minimum Gasteiger partial charge on any atom is -0.301 e. The Morgan fingerprint density at radius 1 is 1.26 bits per heavy atom. The van der Waals surface area contributed by atoms with Crippen LogP contribution in [0.15, 0.2) is 24.5 Å². The normalized spacial score (nSPS) is 19.3. The van der Waals surface area contributed by atoms with E-state index in [9.17, 15) is 0 Å². The van der Waals surface area contributed by atoms with Crippen molar-refractivity contribution >= 4 is 12.6 Å². The molecular weight excluding hydrogens is 252 g/mol. The van der Waals surface area contributed by atoms with E-state index in [-0.39, 0.29) is 0 Å². The molecule has 0 aliphatic heterocycles. The Morgan fingerprint density at radius 2 is 2.00 bits per heavy atom. The largest absolute Gasteiger partial charge is 0.301 e. The summed E-state index contributed by atoms with van der Waals surface area (Å²) in [6.07, 6.45) is 12.1. The minimum atomic E-state index is 0.427. The van der Waals surface area contributed by atoms with Crippen LogP contribution in [-0.2, 0) is 6.54 Å². The summed E-state index contributed by atoms with van der Waals surface area (Å²) < 4.78 is 0. The molecule has 0 amide bonds. The van der Waals surface area contributed by atoms with Gasteiger partial charge in [-0.05, 0) is 42.7 Å². The third-order valence-corrected chi connectivity index (χ3v) is 4.95. The molecule has 1 aliphatic carbocycles. The van der Waals surface area contributed by atoms with Crippen LogP contribution in [0.2, 0.25) is 0 Å². The first kappa shape index (κ1) is 14.9. The summed E-state index contributed by atoms with van der Waals surface area (Å²) >= 11 is 4.66. The highest BCUT2D eigenvalue weighted by Crippen LogP contribution is 2.36. The summed E-state index contributed by atoms with van der Waals surface area (Å²) in [7, 11) is 2.23. The second-order valence-corrected chi connectivity index (χ2v) is 6.42. The third-order valence-electron chi connectivity index (χ3n) is 4.28. The van der Waals surface area contributed by atoms with Crippen molar-refractivity contribution in [3.8, 4) is 0 Å². The van der Waals surface area contributed by atoms with E-state index >= 15 is 0 Å². The molecule has 0 aromatic carbocycles. The van der Waals surface area contributed by atoms with Gasteiger partial charge < -0.3 is 4.90 Å². The average Bonchev–Trinajstić information content (AvgIpc) is 2.66. The molecule has 1 aromatic heterocycles. The van der Waals surface area contributed by atoms with Crippen molar-refractivity contribution in [1.82, 2.24) is 9.88 Å². The lowest BCUT2D eigenvalue weighted by molar-refractivity contribution is 0.170. The summed E-state index contributed by atoms with van der Waals surface area (Å²) in [4.78, 5) is 6.64. The van der Waals surface area contributed by atoms with E-state index in [0.717, 1.165) is 18.8 Å². The molecule has 1 fully saturated rings. The van der Waals surface area contributed by atoms with Crippen LogP contribution in [0.4, 0.5) is 0 Å². The van der Waals surface area contributed by atoms with Crippen LogP contribution < -0.4 is 0 Å². The zero-order valence-corrected chi connectivity index (χ0v) is 12.9. The Labute approximate surface area is 123 Å². The van der Waals surface area contributed by atoms with Crippen molar-refractivity contribution < 1.29 is 0 Å². The van der Waals surface area contributed by atoms with Gasteiger partial charge in [0.1, 0.15) is 0 Å². The molecule has 1 aliphatic rings. The molecule has 3 heteroatoms. The predicted octanol–water partition coefficient (Wildman–Crippen LogP) is 3.78. The maximum atomic E-state index is 4.66. The molecule has 0 atom stereocenters. The van der Waals surface area contributed by atoms with Crippen LogP contribution in [0.3, 0.4) is 0 Å². The molecule has 0 saturated heterocycles. The Morgan fingerprint density at radius 3 is 2.58 bits per heavy atom. The Hall–Kier alpha value is -0.540. The van der Waals surface area contributed by atoms with Gasteiger partial charge in [0, 0.05) is 25.5 Å². The molecule has 1 saturated carbocycles. The summed E-state index contributed by atoms with van der Waals surface area (Å²) in [5.74, 6) is 1.02. The zero-order chi connectivity index (χ0) is 13.6. The molecule has 0 bridgehead atoms. The predicted molar refractivity (Wildman–Crippen MR) is 84.6 cm³/mol. The van der Waals surface area contributed by atoms with Gasteiger partial charge in [0.25, 0.3) is 0 Å². The molecule has 1 aromatic rings.